The Morgan fingerprint density at radius 3 is 2.13 bits per heavy atom. The van der Waals surface area contributed by atoms with Gasteiger partial charge in [0.1, 0.15) is 0 Å². The van der Waals surface area contributed by atoms with Crippen LogP contribution in [0.1, 0.15) is 38.5 Å². The van der Waals surface area contributed by atoms with Gasteiger partial charge in [-0.25, -0.2) is 0 Å². The summed E-state index contributed by atoms with van der Waals surface area (Å²) < 4.78 is 0. The SMILES string of the molecule is C[Si](C)(C)C1CCC(CCC(=O)O)CC1. The average molecular weight is 228 g/mol. The average Bonchev–Trinajstić information content (AvgIpc) is 2.14. The van der Waals surface area contributed by atoms with Crippen molar-refractivity contribution >= 4 is 14.0 Å². The van der Waals surface area contributed by atoms with Crippen LogP contribution in [-0.2, 0) is 4.79 Å². The van der Waals surface area contributed by atoms with Gasteiger partial charge in [-0.05, 0) is 17.9 Å². The van der Waals surface area contributed by atoms with Crippen molar-refractivity contribution in [1.82, 2.24) is 0 Å². The Morgan fingerprint density at radius 2 is 1.73 bits per heavy atom. The number of hydrogen-bond acceptors (Lipinski definition) is 1. The Bertz CT molecular complexity index is 212. The number of carboxylic acid groups (broad SMARTS) is 1. The lowest BCUT2D eigenvalue weighted by Crippen LogP contribution is -2.31. The molecule has 0 unspecified atom stereocenters. The summed E-state index contributed by atoms with van der Waals surface area (Å²) in [5.74, 6) is 0.0519. The number of rotatable bonds is 4. The van der Waals surface area contributed by atoms with Crippen molar-refractivity contribution in [3.8, 4) is 0 Å². The highest BCUT2D eigenvalue weighted by Gasteiger charge is 2.30. The highest BCUT2D eigenvalue weighted by atomic mass is 28.3. The Labute approximate surface area is 94.1 Å². The molecule has 1 saturated carbocycles. The molecule has 0 aromatic rings. The molecule has 0 radical (unpaired) electrons. The maximum absolute atomic E-state index is 10.5. The van der Waals surface area contributed by atoms with Crippen LogP contribution in [0.2, 0.25) is 25.2 Å². The molecule has 1 fully saturated rings. The molecule has 1 aliphatic rings. The first-order valence-electron chi connectivity index (χ1n) is 6.11. The third-order valence-corrected chi connectivity index (χ3v) is 6.86. The molecule has 0 aliphatic heterocycles. The largest absolute Gasteiger partial charge is 0.481 e. The van der Waals surface area contributed by atoms with Crippen LogP contribution in [0.4, 0.5) is 0 Å². The molecular formula is C12H24O2Si. The van der Waals surface area contributed by atoms with Crippen LogP contribution in [0.15, 0.2) is 0 Å². The van der Waals surface area contributed by atoms with Crippen LogP contribution in [0.3, 0.4) is 0 Å². The molecule has 0 atom stereocenters. The van der Waals surface area contributed by atoms with Gasteiger partial charge in [-0.3, -0.25) is 4.79 Å². The fourth-order valence-electron chi connectivity index (χ4n) is 2.64. The van der Waals surface area contributed by atoms with Crippen molar-refractivity contribution in [2.75, 3.05) is 0 Å². The first kappa shape index (κ1) is 12.8. The normalized spacial score (nSPS) is 27.7. The number of aliphatic carboxylic acids is 1. The minimum atomic E-state index is -0.947. The predicted octanol–water partition coefficient (Wildman–Crippen LogP) is 3.75. The molecule has 0 spiro atoms. The summed E-state index contributed by atoms with van der Waals surface area (Å²) in [5.41, 5.74) is 0.971. The van der Waals surface area contributed by atoms with E-state index >= 15 is 0 Å². The minimum Gasteiger partial charge on any atom is -0.481 e. The summed E-state index contributed by atoms with van der Waals surface area (Å²) in [4.78, 5) is 10.5. The zero-order valence-electron chi connectivity index (χ0n) is 10.3. The van der Waals surface area contributed by atoms with E-state index in [1.807, 2.05) is 0 Å². The molecule has 15 heavy (non-hydrogen) atoms. The predicted molar refractivity (Wildman–Crippen MR) is 65.9 cm³/mol. The molecule has 0 bridgehead atoms. The highest BCUT2D eigenvalue weighted by molar-refractivity contribution is 6.77. The Hall–Kier alpha value is -0.313. The third kappa shape index (κ3) is 4.37. The van der Waals surface area contributed by atoms with Gasteiger partial charge in [-0.2, -0.15) is 0 Å². The lowest BCUT2D eigenvalue weighted by Gasteiger charge is -2.35. The first-order chi connectivity index (χ1) is 6.89. The van der Waals surface area contributed by atoms with E-state index in [1.165, 1.54) is 25.7 Å². The molecule has 0 saturated heterocycles. The van der Waals surface area contributed by atoms with E-state index in [1.54, 1.807) is 0 Å². The zero-order valence-corrected chi connectivity index (χ0v) is 11.3. The second-order valence-corrected chi connectivity index (χ2v) is 11.6. The molecule has 0 aromatic heterocycles. The number of carboxylic acids is 1. The Kier molecular flexibility index (Phi) is 4.38. The molecule has 1 rings (SSSR count). The molecular weight excluding hydrogens is 204 g/mol. The summed E-state index contributed by atoms with van der Waals surface area (Å²) in [6.07, 6.45) is 6.49. The van der Waals surface area contributed by atoms with E-state index in [4.69, 9.17) is 5.11 Å². The van der Waals surface area contributed by atoms with Gasteiger partial charge in [0.25, 0.3) is 0 Å². The maximum Gasteiger partial charge on any atom is 0.303 e. The summed E-state index contributed by atoms with van der Waals surface area (Å²) in [6.45, 7) is 7.36. The van der Waals surface area contributed by atoms with Gasteiger partial charge in [0.2, 0.25) is 0 Å². The second kappa shape index (κ2) is 5.15. The van der Waals surface area contributed by atoms with Crippen LogP contribution in [0, 0.1) is 5.92 Å². The monoisotopic (exact) mass is 228 g/mol. The minimum absolute atomic E-state index is 0.363. The molecule has 0 aromatic carbocycles. The summed E-state index contributed by atoms with van der Waals surface area (Å²) >= 11 is 0. The van der Waals surface area contributed by atoms with Crippen molar-refractivity contribution in [1.29, 1.82) is 0 Å². The molecule has 0 amide bonds. The Morgan fingerprint density at radius 1 is 1.20 bits per heavy atom. The van der Waals surface area contributed by atoms with E-state index in [0.717, 1.165) is 12.0 Å². The molecule has 0 heterocycles. The molecule has 1 N–H and O–H groups in total. The van der Waals surface area contributed by atoms with Gasteiger partial charge in [-0.1, -0.05) is 45.3 Å². The lowest BCUT2D eigenvalue weighted by atomic mass is 9.86. The van der Waals surface area contributed by atoms with Gasteiger partial charge in [0.15, 0.2) is 0 Å². The van der Waals surface area contributed by atoms with Crippen molar-refractivity contribution in [3.63, 3.8) is 0 Å². The van der Waals surface area contributed by atoms with Gasteiger partial charge in [-0.15, -0.1) is 0 Å². The van der Waals surface area contributed by atoms with Crippen LogP contribution in [0.25, 0.3) is 0 Å². The smallest absolute Gasteiger partial charge is 0.303 e. The van der Waals surface area contributed by atoms with E-state index < -0.39 is 14.0 Å². The van der Waals surface area contributed by atoms with Gasteiger partial charge >= 0.3 is 5.97 Å². The molecule has 1 aliphatic carbocycles. The highest BCUT2D eigenvalue weighted by Crippen LogP contribution is 2.40. The van der Waals surface area contributed by atoms with Gasteiger partial charge < -0.3 is 5.11 Å². The Balaban J connectivity index is 2.27. The fraction of sp³-hybridized carbons (Fsp3) is 0.917. The number of carbonyl (C=O) groups is 1. The quantitative estimate of drug-likeness (QED) is 0.744. The fourth-order valence-corrected chi connectivity index (χ4v) is 4.71. The summed E-state index contributed by atoms with van der Waals surface area (Å²) in [6, 6.07) is 0. The number of hydrogen-bond donors (Lipinski definition) is 1. The zero-order chi connectivity index (χ0) is 11.5. The summed E-state index contributed by atoms with van der Waals surface area (Å²) in [5, 5.41) is 8.63. The van der Waals surface area contributed by atoms with Crippen LogP contribution >= 0.6 is 0 Å². The molecule has 2 nitrogen and oxygen atoms in total. The topological polar surface area (TPSA) is 37.3 Å². The standard InChI is InChI=1S/C12H24O2Si/c1-15(2,3)11-7-4-10(5-8-11)6-9-12(13)14/h10-11H,4-9H2,1-3H3,(H,13,14). The van der Waals surface area contributed by atoms with E-state index in [0.29, 0.717) is 12.3 Å². The van der Waals surface area contributed by atoms with E-state index in [9.17, 15) is 4.79 Å². The maximum atomic E-state index is 10.5. The summed E-state index contributed by atoms with van der Waals surface area (Å²) in [7, 11) is -0.947. The van der Waals surface area contributed by atoms with Crippen LogP contribution in [-0.4, -0.2) is 19.1 Å². The van der Waals surface area contributed by atoms with Crippen LogP contribution in [0.5, 0.6) is 0 Å². The first-order valence-corrected chi connectivity index (χ1v) is 9.69. The van der Waals surface area contributed by atoms with Gasteiger partial charge in [0.05, 0.1) is 0 Å². The van der Waals surface area contributed by atoms with Crippen molar-refractivity contribution < 1.29 is 9.90 Å². The van der Waals surface area contributed by atoms with E-state index in [2.05, 4.69) is 19.6 Å². The van der Waals surface area contributed by atoms with Crippen molar-refractivity contribution in [2.24, 2.45) is 5.92 Å². The molecule has 3 heteroatoms. The van der Waals surface area contributed by atoms with Gasteiger partial charge in [0, 0.05) is 14.5 Å². The van der Waals surface area contributed by atoms with Crippen LogP contribution < -0.4 is 0 Å². The lowest BCUT2D eigenvalue weighted by molar-refractivity contribution is -0.137. The third-order valence-electron chi connectivity index (χ3n) is 3.84. The van der Waals surface area contributed by atoms with Crippen molar-refractivity contribution in [3.05, 3.63) is 0 Å². The van der Waals surface area contributed by atoms with E-state index in [-0.39, 0.29) is 0 Å². The van der Waals surface area contributed by atoms with Crippen molar-refractivity contribution in [2.45, 2.75) is 63.7 Å². The molecule has 88 valence electrons. The second-order valence-electron chi connectivity index (χ2n) is 6.02.